The highest BCUT2D eigenvalue weighted by atomic mass is 15.0. The molecule has 1 saturated heterocycles. The first-order valence-electron chi connectivity index (χ1n) is 9.02. The summed E-state index contributed by atoms with van der Waals surface area (Å²) < 4.78 is 0. The van der Waals surface area contributed by atoms with Gasteiger partial charge in [0.25, 0.3) is 0 Å². The van der Waals surface area contributed by atoms with Gasteiger partial charge in [-0.2, -0.15) is 0 Å². The summed E-state index contributed by atoms with van der Waals surface area (Å²) in [7, 11) is 0. The van der Waals surface area contributed by atoms with Crippen molar-refractivity contribution in [1.29, 1.82) is 0 Å². The Hall–Kier alpha value is -1.24. The maximum absolute atomic E-state index is 3.97. The monoisotopic (exact) mass is 295 g/mol. The predicted octanol–water partition coefficient (Wildman–Crippen LogP) is 4.99. The van der Waals surface area contributed by atoms with Crippen molar-refractivity contribution in [2.75, 3.05) is 0 Å². The van der Waals surface area contributed by atoms with Gasteiger partial charge in [0.15, 0.2) is 0 Å². The minimum atomic E-state index is -0.0214. The minimum Gasteiger partial charge on any atom is -0.381 e. The van der Waals surface area contributed by atoms with E-state index in [1.54, 1.807) is 5.57 Å². The third kappa shape index (κ3) is 1.41. The van der Waals surface area contributed by atoms with Gasteiger partial charge in [0.05, 0.1) is 5.41 Å². The smallest absolute Gasteiger partial charge is 0.0673 e. The van der Waals surface area contributed by atoms with Gasteiger partial charge in [-0.1, -0.05) is 57.2 Å². The van der Waals surface area contributed by atoms with E-state index in [2.05, 4.69) is 76.4 Å². The highest BCUT2D eigenvalue weighted by Gasteiger charge is 2.60. The molecule has 0 aromatic heterocycles. The first kappa shape index (κ1) is 14.4. The van der Waals surface area contributed by atoms with Crippen LogP contribution in [0.15, 0.2) is 47.7 Å². The average Bonchev–Trinajstić information content (AvgIpc) is 3.27. The molecule has 1 heteroatoms. The zero-order valence-electron chi connectivity index (χ0n) is 14.6. The molecule has 118 valence electrons. The zero-order chi connectivity index (χ0) is 15.8. The Bertz CT molecular complexity index is 614. The second-order valence-corrected chi connectivity index (χ2v) is 8.10. The summed E-state index contributed by atoms with van der Waals surface area (Å²) in [6.45, 7) is 11.8. The van der Waals surface area contributed by atoms with E-state index >= 15 is 0 Å². The molecule has 0 amide bonds. The number of allylic oxidation sites excluding steroid dienone is 5. The molecule has 5 aliphatic rings. The standard InChI is InChI=1S/C21H29N/c1-6-18-21-11-9-14-15(10-12-21)16(14)13-17(21)19(4,7-2)20(5,8-3)22-18/h6,9-16,22H,7-8H2,1-5H3/b18-6-. The van der Waals surface area contributed by atoms with Crippen LogP contribution in [0.1, 0.15) is 47.5 Å². The van der Waals surface area contributed by atoms with Crippen LogP contribution < -0.4 is 5.32 Å². The van der Waals surface area contributed by atoms with Crippen molar-refractivity contribution in [3.05, 3.63) is 47.7 Å². The molecule has 22 heavy (non-hydrogen) atoms. The van der Waals surface area contributed by atoms with Crippen LogP contribution in [0.3, 0.4) is 0 Å². The maximum atomic E-state index is 3.97. The predicted molar refractivity (Wildman–Crippen MR) is 93.3 cm³/mol. The highest BCUT2D eigenvalue weighted by molar-refractivity contribution is 5.55. The summed E-state index contributed by atoms with van der Waals surface area (Å²) in [5.41, 5.74) is 3.32. The Balaban J connectivity index is 2.00. The lowest BCUT2D eigenvalue weighted by atomic mass is 9.53. The van der Waals surface area contributed by atoms with Crippen LogP contribution in [0.2, 0.25) is 0 Å². The van der Waals surface area contributed by atoms with Crippen molar-refractivity contribution >= 4 is 0 Å². The Morgan fingerprint density at radius 1 is 1.05 bits per heavy atom. The third-order valence-electron chi connectivity index (χ3n) is 7.53. The van der Waals surface area contributed by atoms with Crippen molar-refractivity contribution in [1.82, 2.24) is 5.32 Å². The Kier molecular flexibility index (Phi) is 2.73. The second kappa shape index (κ2) is 4.19. The summed E-state index contributed by atoms with van der Waals surface area (Å²) in [5.74, 6) is 2.25. The van der Waals surface area contributed by atoms with Crippen LogP contribution in [0, 0.1) is 28.6 Å². The van der Waals surface area contributed by atoms with Crippen molar-refractivity contribution in [2.45, 2.75) is 53.0 Å². The lowest BCUT2D eigenvalue weighted by Gasteiger charge is -2.59. The fourth-order valence-electron chi connectivity index (χ4n) is 5.38. The molecular formula is C21H29N. The van der Waals surface area contributed by atoms with E-state index in [1.165, 1.54) is 12.1 Å². The number of rotatable bonds is 2. The summed E-state index contributed by atoms with van der Waals surface area (Å²) in [6, 6.07) is 0. The van der Waals surface area contributed by atoms with Crippen molar-refractivity contribution in [2.24, 2.45) is 28.6 Å². The van der Waals surface area contributed by atoms with E-state index in [0.29, 0.717) is 0 Å². The van der Waals surface area contributed by atoms with Crippen LogP contribution in [0.4, 0.5) is 0 Å². The average molecular weight is 295 g/mol. The minimum absolute atomic E-state index is 0.0214. The molecule has 0 aromatic carbocycles. The van der Waals surface area contributed by atoms with Gasteiger partial charge in [-0.05, 0) is 50.0 Å². The van der Waals surface area contributed by atoms with Gasteiger partial charge in [0.2, 0.25) is 0 Å². The molecule has 0 radical (unpaired) electrons. The van der Waals surface area contributed by atoms with Crippen LogP contribution in [-0.2, 0) is 0 Å². The van der Waals surface area contributed by atoms with Gasteiger partial charge in [-0.3, -0.25) is 0 Å². The molecule has 5 rings (SSSR count). The van der Waals surface area contributed by atoms with Crippen molar-refractivity contribution in [3.63, 3.8) is 0 Å². The zero-order valence-corrected chi connectivity index (χ0v) is 14.6. The molecule has 2 fully saturated rings. The highest BCUT2D eigenvalue weighted by Crippen LogP contribution is 2.65. The van der Waals surface area contributed by atoms with Crippen molar-refractivity contribution < 1.29 is 0 Å². The van der Waals surface area contributed by atoms with Crippen LogP contribution >= 0.6 is 0 Å². The summed E-state index contributed by atoms with van der Waals surface area (Å²) >= 11 is 0. The van der Waals surface area contributed by atoms with Gasteiger partial charge in [-0.15, -0.1) is 0 Å². The van der Waals surface area contributed by atoms with Gasteiger partial charge >= 0.3 is 0 Å². The Morgan fingerprint density at radius 2 is 1.68 bits per heavy atom. The maximum Gasteiger partial charge on any atom is 0.0673 e. The lowest BCUT2D eigenvalue weighted by Crippen LogP contribution is -2.63. The summed E-state index contributed by atoms with van der Waals surface area (Å²) in [5, 5.41) is 3.97. The summed E-state index contributed by atoms with van der Waals surface area (Å²) in [6.07, 6.45) is 17.3. The largest absolute Gasteiger partial charge is 0.381 e. The first-order chi connectivity index (χ1) is 10.5. The van der Waals surface area contributed by atoms with Crippen molar-refractivity contribution in [3.8, 4) is 0 Å². The molecule has 4 unspecified atom stereocenters. The number of nitrogens with one attached hydrogen (secondary N) is 1. The molecule has 0 aromatic rings. The molecule has 1 spiro atoms. The molecule has 1 nitrogen and oxygen atoms in total. The third-order valence-corrected chi connectivity index (χ3v) is 7.53. The molecule has 1 heterocycles. The molecular weight excluding hydrogens is 266 g/mol. The first-order valence-corrected chi connectivity index (χ1v) is 9.02. The quantitative estimate of drug-likeness (QED) is 0.707. The fourth-order valence-corrected chi connectivity index (χ4v) is 5.38. The number of piperidine rings is 1. The normalized spacial score (nSPS) is 52.7. The van der Waals surface area contributed by atoms with Gasteiger partial charge < -0.3 is 5.32 Å². The fraction of sp³-hybridized carbons (Fsp3) is 0.619. The van der Waals surface area contributed by atoms with Crippen LogP contribution in [0.5, 0.6) is 0 Å². The number of hydrogen-bond acceptors (Lipinski definition) is 1. The van der Waals surface area contributed by atoms with E-state index in [-0.39, 0.29) is 16.4 Å². The van der Waals surface area contributed by atoms with E-state index in [0.717, 1.165) is 24.2 Å². The lowest BCUT2D eigenvalue weighted by molar-refractivity contribution is 0.108. The molecule has 4 aliphatic carbocycles. The Morgan fingerprint density at radius 3 is 2.18 bits per heavy atom. The van der Waals surface area contributed by atoms with E-state index < -0.39 is 0 Å². The number of hydrogen-bond donors (Lipinski definition) is 1. The Labute approximate surface area is 135 Å². The molecule has 4 atom stereocenters. The second-order valence-electron chi connectivity index (χ2n) is 8.10. The molecule has 1 aliphatic heterocycles. The van der Waals surface area contributed by atoms with E-state index in [1.807, 2.05) is 0 Å². The molecule has 1 saturated carbocycles. The summed E-state index contributed by atoms with van der Waals surface area (Å²) in [4.78, 5) is 0. The van der Waals surface area contributed by atoms with Gasteiger partial charge in [-0.25, -0.2) is 0 Å². The van der Waals surface area contributed by atoms with E-state index in [9.17, 15) is 0 Å². The molecule has 4 bridgehead atoms. The SMILES string of the molecule is C/C=C1\NC(C)(CC)C(C)(CC)C2=CC3C4C=CC21C=CC43. The van der Waals surface area contributed by atoms with Crippen LogP contribution in [0.25, 0.3) is 0 Å². The topological polar surface area (TPSA) is 12.0 Å². The molecule has 1 N–H and O–H groups in total. The van der Waals surface area contributed by atoms with Gasteiger partial charge in [0.1, 0.15) is 0 Å². The van der Waals surface area contributed by atoms with E-state index in [4.69, 9.17) is 0 Å². The van der Waals surface area contributed by atoms with Gasteiger partial charge in [0, 0.05) is 16.7 Å². The van der Waals surface area contributed by atoms with Crippen LogP contribution in [-0.4, -0.2) is 5.54 Å².